The summed E-state index contributed by atoms with van der Waals surface area (Å²) in [5, 5.41) is 9.74. The average Bonchev–Trinajstić information content (AvgIpc) is 3.60. The number of nitrogens with zero attached hydrogens (tertiary/aromatic N) is 8. The molecule has 0 spiro atoms. The van der Waals surface area contributed by atoms with Crippen LogP contribution >= 0.6 is 11.3 Å². The normalized spacial score (nSPS) is 16.6. The number of likely N-dealkylation sites (N-methyl/N-ethyl adjacent to an activating group) is 1. The number of anilines is 3. The van der Waals surface area contributed by atoms with Gasteiger partial charge in [0.1, 0.15) is 6.33 Å². The number of rotatable bonds is 9. The molecule has 10 nitrogen and oxygen atoms in total. The lowest BCUT2D eigenvalue weighted by molar-refractivity contribution is 0.215. The fraction of sp³-hybridized carbons (Fsp3) is 0.400. The Morgan fingerprint density at radius 3 is 2.86 bits per heavy atom. The van der Waals surface area contributed by atoms with Crippen LogP contribution < -0.4 is 11.1 Å². The lowest BCUT2D eigenvalue weighted by atomic mass is 10.2. The van der Waals surface area contributed by atoms with Gasteiger partial charge in [0.05, 0.1) is 27.8 Å². The van der Waals surface area contributed by atoms with Gasteiger partial charge >= 0.3 is 0 Å². The van der Waals surface area contributed by atoms with Gasteiger partial charge in [-0.1, -0.05) is 19.9 Å². The number of likely N-dealkylation sites (tertiary alicyclic amines) is 1. The Labute approximate surface area is 214 Å². The number of hydrogen-bond donors (Lipinski definition) is 2. The second-order valence-electron chi connectivity index (χ2n) is 8.92. The molecule has 0 amide bonds. The molecule has 36 heavy (non-hydrogen) atoms. The molecule has 4 aromatic heterocycles. The molecule has 5 rings (SSSR count). The van der Waals surface area contributed by atoms with Gasteiger partial charge in [0.15, 0.2) is 5.82 Å². The van der Waals surface area contributed by atoms with Crippen molar-refractivity contribution in [2.75, 3.05) is 43.8 Å². The van der Waals surface area contributed by atoms with E-state index in [1.165, 1.54) is 17.4 Å². The van der Waals surface area contributed by atoms with Crippen molar-refractivity contribution >= 4 is 45.2 Å². The summed E-state index contributed by atoms with van der Waals surface area (Å²) in [6, 6.07) is 4.61. The maximum Gasteiger partial charge on any atom is 0.248 e. The van der Waals surface area contributed by atoms with E-state index in [0.717, 1.165) is 59.9 Å². The fourth-order valence-corrected chi connectivity index (χ4v) is 5.66. The number of fused-ring (bicyclic) bond motifs is 1. The molecule has 0 saturated carbocycles. The predicted octanol–water partition coefficient (Wildman–Crippen LogP) is 3.73. The standard InChI is InChI=1S/C25H32N10S/c1-4-34(5-2)20-10-12-33(14-20)11-6-7-18-8-9-19(13-27-18)30-25-31-24(26)35(32-25)23-22-21(28-16-29-23)17(3)15-36-22/h6-9,13,15-16,20H,4-5,10-12,14H2,1-3H3,(H3,26,30,31,32). The third-order valence-corrected chi connectivity index (χ3v) is 7.70. The minimum atomic E-state index is 0.251. The van der Waals surface area contributed by atoms with Crippen molar-refractivity contribution < 1.29 is 0 Å². The Morgan fingerprint density at radius 2 is 2.08 bits per heavy atom. The van der Waals surface area contributed by atoms with Gasteiger partial charge in [-0.3, -0.25) is 14.8 Å². The molecule has 0 aliphatic carbocycles. The lowest BCUT2D eigenvalue weighted by Gasteiger charge is -2.25. The number of nitrogen functional groups attached to an aromatic ring is 1. The van der Waals surface area contributed by atoms with Crippen LogP contribution in [0.15, 0.2) is 36.1 Å². The van der Waals surface area contributed by atoms with E-state index in [0.29, 0.717) is 17.8 Å². The highest BCUT2D eigenvalue weighted by molar-refractivity contribution is 7.17. The Morgan fingerprint density at radius 1 is 1.22 bits per heavy atom. The summed E-state index contributed by atoms with van der Waals surface area (Å²) in [4.78, 5) is 22.7. The molecule has 1 aliphatic heterocycles. The largest absolute Gasteiger partial charge is 0.368 e. The van der Waals surface area contributed by atoms with E-state index in [-0.39, 0.29) is 5.95 Å². The second kappa shape index (κ2) is 10.7. The topological polar surface area (TPSA) is 114 Å². The highest BCUT2D eigenvalue weighted by Gasteiger charge is 2.25. The van der Waals surface area contributed by atoms with Gasteiger partial charge in [-0.15, -0.1) is 16.4 Å². The third-order valence-electron chi connectivity index (χ3n) is 6.62. The average molecular weight is 505 g/mol. The molecule has 1 aliphatic rings. The summed E-state index contributed by atoms with van der Waals surface area (Å²) < 4.78 is 2.46. The molecule has 0 aromatic carbocycles. The zero-order valence-corrected chi connectivity index (χ0v) is 21.7. The van der Waals surface area contributed by atoms with Gasteiger partial charge < -0.3 is 11.1 Å². The van der Waals surface area contributed by atoms with Gasteiger partial charge in [0.2, 0.25) is 11.9 Å². The summed E-state index contributed by atoms with van der Waals surface area (Å²) in [6.45, 7) is 12.0. The van der Waals surface area contributed by atoms with E-state index in [1.807, 2.05) is 24.4 Å². The van der Waals surface area contributed by atoms with Crippen molar-refractivity contribution in [3.63, 3.8) is 0 Å². The molecule has 3 N–H and O–H groups in total. The molecule has 0 bridgehead atoms. The molecule has 11 heteroatoms. The first-order valence-corrected chi connectivity index (χ1v) is 13.2. The smallest absolute Gasteiger partial charge is 0.248 e. The fourth-order valence-electron chi connectivity index (χ4n) is 4.69. The van der Waals surface area contributed by atoms with Crippen LogP contribution in [0.3, 0.4) is 0 Å². The minimum absolute atomic E-state index is 0.251. The van der Waals surface area contributed by atoms with Gasteiger partial charge in [-0.05, 0) is 55.6 Å². The monoisotopic (exact) mass is 504 g/mol. The summed E-state index contributed by atoms with van der Waals surface area (Å²) in [5.74, 6) is 1.26. The van der Waals surface area contributed by atoms with Crippen molar-refractivity contribution in [1.82, 2.24) is 39.5 Å². The molecule has 1 fully saturated rings. The first-order valence-electron chi connectivity index (χ1n) is 12.3. The minimum Gasteiger partial charge on any atom is -0.368 e. The van der Waals surface area contributed by atoms with Crippen molar-refractivity contribution in [2.45, 2.75) is 33.2 Å². The van der Waals surface area contributed by atoms with Crippen LogP contribution in [0.1, 0.15) is 31.5 Å². The zero-order valence-electron chi connectivity index (χ0n) is 20.9. The second-order valence-corrected chi connectivity index (χ2v) is 9.80. The Hall–Kier alpha value is -3.41. The summed E-state index contributed by atoms with van der Waals surface area (Å²) in [5.41, 5.74) is 9.85. The van der Waals surface area contributed by atoms with E-state index in [9.17, 15) is 0 Å². The molecule has 1 unspecified atom stereocenters. The number of nitrogens with one attached hydrogen (secondary N) is 1. The van der Waals surface area contributed by atoms with E-state index < -0.39 is 0 Å². The van der Waals surface area contributed by atoms with Crippen LogP contribution in [0, 0.1) is 6.92 Å². The molecule has 5 heterocycles. The van der Waals surface area contributed by atoms with Gasteiger partial charge in [0, 0.05) is 25.7 Å². The Bertz CT molecular complexity index is 1340. The summed E-state index contributed by atoms with van der Waals surface area (Å²) in [7, 11) is 0. The Kier molecular flexibility index (Phi) is 7.21. The Balaban J connectivity index is 1.20. The maximum atomic E-state index is 6.16. The maximum absolute atomic E-state index is 6.16. The highest BCUT2D eigenvalue weighted by Crippen LogP contribution is 2.28. The summed E-state index contributed by atoms with van der Waals surface area (Å²) >= 11 is 1.57. The quantitative estimate of drug-likeness (QED) is 0.352. The number of nitrogens with two attached hydrogens (primary N) is 1. The molecular formula is C25H32N10S. The van der Waals surface area contributed by atoms with E-state index >= 15 is 0 Å². The highest BCUT2D eigenvalue weighted by atomic mass is 32.1. The van der Waals surface area contributed by atoms with Crippen molar-refractivity contribution in [3.05, 3.63) is 47.4 Å². The van der Waals surface area contributed by atoms with E-state index in [4.69, 9.17) is 5.73 Å². The molecule has 0 radical (unpaired) electrons. The number of aromatic nitrogens is 6. The molecule has 188 valence electrons. The lowest BCUT2D eigenvalue weighted by Crippen LogP contribution is -2.37. The third kappa shape index (κ3) is 5.08. The SMILES string of the molecule is CCN(CC)C1CCN(CC=Cc2ccc(Nc3nc(N)n(-c4ncnc5c(C)csc45)n3)cn2)C1. The first kappa shape index (κ1) is 24.3. The zero-order chi connectivity index (χ0) is 25.1. The molecular weight excluding hydrogens is 472 g/mol. The van der Waals surface area contributed by atoms with Gasteiger partial charge in [-0.2, -0.15) is 9.67 Å². The van der Waals surface area contributed by atoms with Crippen LogP contribution in [0.5, 0.6) is 0 Å². The van der Waals surface area contributed by atoms with E-state index in [2.05, 4.69) is 66.2 Å². The number of pyridine rings is 1. The van der Waals surface area contributed by atoms with Crippen LogP contribution in [0.2, 0.25) is 0 Å². The summed E-state index contributed by atoms with van der Waals surface area (Å²) in [6.07, 6.45) is 8.81. The van der Waals surface area contributed by atoms with Crippen LogP contribution in [0.4, 0.5) is 17.6 Å². The van der Waals surface area contributed by atoms with Gasteiger partial charge in [0.25, 0.3) is 0 Å². The van der Waals surface area contributed by atoms with Crippen LogP contribution in [-0.4, -0.2) is 78.3 Å². The molecule has 1 saturated heterocycles. The van der Waals surface area contributed by atoms with Crippen LogP contribution in [-0.2, 0) is 0 Å². The van der Waals surface area contributed by atoms with Crippen molar-refractivity contribution in [2.24, 2.45) is 0 Å². The molecule has 1 atom stereocenters. The predicted molar refractivity (Wildman–Crippen MR) is 146 cm³/mol. The van der Waals surface area contributed by atoms with Crippen molar-refractivity contribution in [3.8, 4) is 5.82 Å². The van der Waals surface area contributed by atoms with Crippen molar-refractivity contribution in [1.29, 1.82) is 0 Å². The molecule has 4 aromatic rings. The van der Waals surface area contributed by atoms with E-state index in [1.54, 1.807) is 17.5 Å². The van der Waals surface area contributed by atoms with Crippen LogP contribution in [0.25, 0.3) is 22.1 Å². The number of aryl methyl sites for hydroxylation is 1. The number of thiophene rings is 1. The first-order chi connectivity index (χ1) is 17.6. The number of hydrogen-bond acceptors (Lipinski definition) is 10. The van der Waals surface area contributed by atoms with Gasteiger partial charge in [-0.25, -0.2) is 9.97 Å².